The van der Waals surface area contributed by atoms with Gasteiger partial charge in [-0.1, -0.05) is 25.5 Å². The Morgan fingerprint density at radius 2 is 1.73 bits per heavy atom. The van der Waals surface area contributed by atoms with E-state index in [9.17, 15) is 14.7 Å². The topological polar surface area (TPSA) is 127 Å². The Balaban J connectivity index is 1.89. The van der Waals surface area contributed by atoms with Gasteiger partial charge < -0.3 is 10.8 Å². The summed E-state index contributed by atoms with van der Waals surface area (Å²) in [6, 6.07) is 14.0. The zero-order valence-corrected chi connectivity index (χ0v) is 17.0. The first-order valence-corrected chi connectivity index (χ1v) is 9.77. The second-order valence-corrected chi connectivity index (χ2v) is 7.23. The van der Waals surface area contributed by atoms with Gasteiger partial charge in [0, 0.05) is 5.56 Å². The molecular weight excluding hydrogens is 382 g/mol. The Bertz CT molecular complexity index is 1110. The summed E-state index contributed by atoms with van der Waals surface area (Å²) >= 11 is 0. The van der Waals surface area contributed by atoms with E-state index in [2.05, 4.69) is 5.10 Å². The molecule has 3 aromatic rings. The van der Waals surface area contributed by atoms with Crippen molar-refractivity contribution >= 4 is 11.8 Å². The number of nitrogens with one attached hydrogen (secondary N) is 1. The molecule has 30 heavy (non-hydrogen) atoms. The van der Waals surface area contributed by atoms with Crippen LogP contribution in [-0.2, 0) is 11.2 Å². The fourth-order valence-electron chi connectivity index (χ4n) is 3.44. The van der Waals surface area contributed by atoms with E-state index < -0.39 is 11.9 Å². The zero-order chi connectivity index (χ0) is 21.8. The van der Waals surface area contributed by atoms with E-state index >= 15 is 0 Å². The molecule has 8 heteroatoms. The van der Waals surface area contributed by atoms with Crippen molar-refractivity contribution < 1.29 is 9.90 Å². The van der Waals surface area contributed by atoms with Crippen molar-refractivity contribution in [1.82, 2.24) is 14.3 Å². The van der Waals surface area contributed by atoms with Gasteiger partial charge in [0.1, 0.15) is 11.7 Å². The highest BCUT2D eigenvalue weighted by Crippen LogP contribution is 2.17. The average Bonchev–Trinajstić information content (AvgIpc) is 3.02. The van der Waals surface area contributed by atoms with Crippen LogP contribution in [0, 0.1) is 18.3 Å². The Hall–Kier alpha value is -3.68. The van der Waals surface area contributed by atoms with Crippen molar-refractivity contribution in [1.29, 1.82) is 5.41 Å². The monoisotopic (exact) mass is 407 g/mol. The Morgan fingerprint density at radius 1 is 1.13 bits per heavy atom. The molecule has 1 unspecified atom stereocenters. The third kappa shape index (κ3) is 4.32. The molecule has 8 nitrogen and oxygen atoms in total. The molecule has 3 rings (SSSR count). The minimum Gasteiger partial charge on any atom is -0.481 e. The largest absolute Gasteiger partial charge is 0.481 e. The molecule has 4 N–H and O–H groups in total. The van der Waals surface area contributed by atoms with Crippen LogP contribution in [0.1, 0.15) is 36.7 Å². The number of nitrogen functional groups attached to an aromatic ring is 1. The van der Waals surface area contributed by atoms with Crippen molar-refractivity contribution in [3.05, 3.63) is 76.0 Å². The van der Waals surface area contributed by atoms with E-state index in [0.717, 1.165) is 12.0 Å². The van der Waals surface area contributed by atoms with E-state index in [4.69, 9.17) is 11.1 Å². The number of aliphatic carboxylic acids is 1. The molecule has 0 saturated carbocycles. The number of aryl methyl sites for hydroxylation is 1. The molecule has 1 heterocycles. The van der Waals surface area contributed by atoms with Crippen LogP contribution in [-0.4, -0.2) is 31.3 Å². The Labute approximate surface area is 174 Å². The molecule has 0 saturated heterocycles. The van der Waals surface area contributed by atoms with Gasteiger partial charge >= 0.3 is 11.7 Å². The summed E-state index contributed by atoms with van der Waals surface area (Å²) in [6.45, 7) is 3.72. The highest BCUT2D eigenvalue weighted by molar-refractivity contribution is 5.95. The zero-order valence-electron chi connectivity index (χ0n) is 17.0. The summed E-state index contributed by atoms with van der Waals surface area (Å²) < 4.78 is 2.80. The molecule has 0 spiro atoms. The number of hydrogen-bond donors (Lipinski definition) is 3. The lowest BCUT2D eigenvalue weighted by atomic mass is 9.95. The summed E-state index contributed by atoms with van der Waals surface area (Å²) in [7, 11) is 0. The quantitative estimate of drug-likeness (QED) is 0.391. The number of aromatic nitrogens is 3. The predicted molar refractivity (Wildman–Crippen MR) is 115 cm³/mol. The van der Waals surface area contributed by atoms with Crippen LogP contribution in [0.3, 0.4) is 0 Å². The highest BCUT2D eigenvalue weighted by atomic mass is 16.4. The molecule has 0 fully saturated rings. The molecule has 2 aromatic carbocycles. The van der Waals surface area contributed by atoms with Gasteiger partial charge in [-0.15, -0.1) is 5.10 Å². The van der Waals surface area contributed by atoms with Crippen LogP contribution in [0.2, 0.25) is 0 Å². The highest BCUT2D eigenvalue weighted by Gasteiger charge is 2.18. The molecule has 0 aliphatic rings. The van der Waals surface area contributed by atoms with Crippen molar-refractivity contribution in [3.63, 3.8) is 0 Å². The summed E-state index contributed by atoms with van der Waals surface area (Å²) in [5.41, 5.74) is 7.88. The third-order valence-electron chi connectivity index (χ3n) is 5.03. The molecule has 0 bridgehead atoms. The number of carboxylic acid groups (broad SMARTS) is 1. The molecule has 0 aliphatic heterocycles. The molecule has 0 amide bonds. The lowest BCUT2D eigenvalue weighted by Gasteiger charge is -2.11. The molecule has 1 atom stereocenters. The van der Waals surface area contributed by atoms with Crippen molar-refractivity contribution in [2.75, 3.05) is 0 Å². The first-order chi connectivity index (χ1) is 14.3. The van der Waals surface area contributed by atoms with Crippen LogP contribution in [0.4, 0.5) is 0 Å². The standard InChI is InChI=1S/C22H25N5O3/c1-3-4-17(21(28)29)13-15-5-9-18(10-6-15)26-14(2)25-27(22(26)30)19-11-7-16(8-12-19)20(23)24/h5-12,17H,3-4,13H2,1-2H3,(H3,23,24)(H,28,29). The lowest BCUT2D eigenvalue weighted by Crippen LogP contribution is -2.23. The number of nitrogens with zero attached hydrogens (tertiary/aromatic N) is 3. The third-order valence-corrected chi connectivity index (χ3v) is 5.03. The van der Waals surface area contributed by atoms with Crippen LogP contribution < -0.4 is 11.4 Å². The van der Waals surface area contributed by atoms with Gasteiger partial charge in [0.2, 0.25) is 0 Å². The van der Waals surface area contributed by atoms with Gasteiger partial charge in [0.15, 0.2) is 0 Å². The van der Waals surface area contributed by atoms with E-state index in [1.165, 1.54) is 9.25 Å². The van der Waals surface area contributed by atoms with E-state index in [-0.39, 0.29) is 11.5 Å². The molecule has 0 radical (unpaired) electrons. The number of nitrogens with two attached hydrogens (primary N) is 1. The van der Waals surface area contributed by atoms with E-state index in [0.29, 0.717) is 35.6 Å². The summed E-state index contributed by atoms with van der Waals surface area (Å²) in [5.74, 6) is -0.714. The Morgan fingerprint density at radius 3 is 2.27 bits per heavy atom. The average molecular weight is 407 g/mol. The predicted octanol–water partition coefficient (Wildman–Crippen LogP) is 2.66. The number of carboxylic acids is 1. The number of benzene rings is 2. The van der Waals surface area contributed by atoms with Crippen LogP contribution >= 0.6 is 0 Å². The molecule has 1 aromatic heterocycles. The second-order valence-electron chi connectivity index (χ2n) is 7.23. The number of hydrogen-bond acceptors (Lipinski definition) is 4. The van der Waals surface area contributed by atoms with Crippen molar-refractivity contribution in [2.45, 2.75) is 33.1 Å². The van der Waals surface area contributed by atoms with Gasteiger partial charge in [0.05, 0.1) is 17.3 Å². The summed E-state index contributed by atoms with van der Waals surface area (Å²) in [4.78, 5) is 24.4. The maximum atomic E-state index is 13.0. The van der Waals surface area contributed by atoms with E-state index in [1.54, 1.807) is 43.3 Å². The van der Waals surface area contributed by atoms with Gasteiger partial charge in [-0.2, -0.15) is 4.68 Å². The number of rotatable bonds is 8. The fraction of sp³-hybridized carbons (Fsp3) is 0.273. The molecular formula is C22H25N5O3. The van der Waals surface area contributed by atoms with Gasteiger partial charge in [-0.05, 0) is 61.7 Å². The fourth-order valence-corrected chi connectivity index (χ4v) is 3.44. The van der Waals surface area contributed by atoms with Gasteiger partial charge in [-0.3, -0.25) is 10.2 Å². The number of amidine groups is 1. The Kier molecular flexibility index (Phi) is 6.15. The van der Waals surface area contributed by atoms with Crippen LogP contribution in [0.25, 0.3) is 11.4 Å². The maximum absolute atomic E-state index is 13.0. The smallest absolute Gasteiger partial charge is 0.355 e. The van der Waals surface area contributed by atoms with E-state index in [1.807, 2.05) is 19.1 Å². The number of carbonyl (C=O) groups is 1. The van der Waals surface area contributed by atoms with Gasteiger partial charge in [-0.25, -0.2) is 9.36 Å². The normalized spacial score (nSPS) is 11.9. The lowest BCUT2D eigenvalue weighted by molar-refractivity contribution is -0.141. The second kappa shape index (κ2) is 8.77. The maximum Gasteiger partial charge on any atom is 0.355 e. The summed E-state index contributed by atoms with van der Waals surface area (Å²) in [6.07, 6.45) is 1.90. The first kappa shape index (κ1) is 21.0. The molecule has 156 valence electrons. The minimum atomic E-state index is -0.787. The molecule has 0 aliphatic carbocycles. The summed E-state index contributed by atoms with van der Waals surface area (Å²) in [5, 5.41) is 21.2. The van der Waals surface area contributed by atoms with Crippen molar-refractivity contribution in [2.24, 2.45) is 11.7 Å². The SMILES string of the molecule is CCCC(Cc1ccc(-n2c(C)nn(-c3ccc(C(=N)N)cc3)c2=O)cc1)C(=O)O. The van der Waals surface area contributed by atoms with Gasteiger partial charge in [0.25, 0.3) is 0 Å². The van der Waals surface area contributed by atoms with Crippen molar-refractivity contribution in [3.8, 4) is 11.4 Å². The first-order valence-electron chi connectivity index (χ1n) is 9.77. The van der Waals surface area contributed by atoms with Crippen LogP contribution in [0.15, 0.2) is 53.3 Å². The minimum absolute atomic E-state index is 0.0419. The van der Waals surface area contributed by atoms with Crippen LogP contribution in [0.5, 0.6) is 0 Å².